The summed E-state index contributed by atoms with van der Waals surface area (Å²) in [6.07, 6.45) is -5.55. The van der Waals surface area contributed by atoms with Gasteiger partial charge in [-0.1, -0.05) is 0 Å². The van der Waals surface area contributed by atoms with Crippen LogP contribution in [0.3, 0.4) is 0 Å². The minimum atomic E-state index is -1.83. The lowest BCUT2D eigenvalue weighted by atomic mass is 10.1. The summed E-state index contributed by atoms with van der Waals surface area (Å²) in [6.45, 7) is 1.37. The van der Waals surface area contributed by atoms with Gasteiger partial charge < -0.3 is 20.7 Å². The average Bonchev–Trinajstić information content (AvgIpc) is 2.57. The number of aliphatic hydroxyl groups excluding tert-OH is 2. The first kappa shape index (κ1) is 12.9. The van der Waals surface area contributed by atoms with Gasteiger partial charge in [0.05, 0.1) is 6.10 Å². The van der Waals surface area contributed by atoms with Crippen LogP contribution in [0, 0.1) is 0 Å². The molecular formula is C10H14FN3O4. The summed E-state index contributed by atoms with van der Waals surface area (Å²) in [5, 5.41) is 18.9. The molecule has 0 aromatic carbocycles. The maximum Gasteiger partial charge on any atom is 0.351 e. The van der Waals surface area contributed by atoms with E-state index in [-0.39, 0.29) is 5.82 Å². The quantitative estimate of drug-likeness (QED) is 0.615. The first-order chi connectivity index (χ1) is 8.41. The van der Waals surface area contributed by atoms with Crippen molar-refractivity contribution in [1.29, 1.82) is 0 Å². The number of nitrogens with two attached hydrogens (primary N) is 1. The fraction of sp³-hybridized carbons (Fsp3) is 0.600. The fourth-order valence-corrected chi connectivity index (χ4v) is 1.90. The van der Waals surface area contributed by atoms with E-state index in [4.69, 9.17) is 10.5 Å². The van der Waals surface area contributed by atoms with Gasteiger partial charge in [0.25, 0.3) is 0 Å². The van der Waals surface area contributed by atoms with Crippen molar-refractivity contribution in [2.45, 2.75) is 37.6 Å². The Morgan fingerprint density at radius 3 is 2.83 bits per heavy atom. The van der Waals surface area contributed by atoms with E-state index in [2.05, 4.69) is 4.98 Å². The van der Waals surface area contributed by atoms with Gasteiger partial charge in [-0.05, 0) is 13.0 Å². The van der Waals surface area contributed by atoms with E-state index < -0.39 is 36.4 Å². The molecule has 0 saturated carbocycles. The minimum absolute atomic E-state index is 0.0114. The molecule has 0 radical (unpaired) electrons. The van der Waals surface area contributed by atoms with Gasteiger partial charge in [0.1, 0.15) is 18.0 Å². The number of rotatable bonds is 2. The van der Waals surface area contributed by atoms with Crippen LogP contribution in [0.25, 0.3) is 0 Å². The summed E-state index contributed by atoms with van der Waals surface area (Å²) in [4.78, 5) is 15.0. The summed E-state index contributed by atoms with van der Waals surface area (Å²) in [7, 11) is 0. The predicted octanol–water partition coefficient (Wildman–Crippen LogP) is -1.20. The highest BCUT2D eigenvalue weighted by molar-refractivity contribution is 5.23. The number of ether oxygens (including phenoxy) is 1. The molecule has 0 spiro atoms. The first-order valence-corrected chi connectivity index (χ1v) is 5.42. The Morgan fingerprint density at radius 2 is 2.33 bits per heavy atom. The van der Waals surface area contributed by atoms with Crippen LogP contribution in [-0.2, 0) is 4.74 Å². The second-order valence-corrected chi connectivity index (χ2v) is 4.21. The second kappa shape index (κ2) is 4.63. The largest absolute Gasteiger partial charge is 0.391 e. The highest BCUT2D eigenvalue weighted by Gasteiger charge is 2.47. The number of alkyl halides is 1. The molecule has 4 N–H and O–H groups in total. The Labute approximate surface area is 102 Å². The zero-order valence-electron chi connectivity index (χ0n) is 9.60. The van der Waals surface area contributed by atoms with E-state index in [0.717, 1.165) is 4.57 Å². The number of aliphatic hydroxyl groups is 2. The number of nitrogen functional groups attached to an aromatic ring is 1. The molecule has 2 rings (SSSR count). The van der Waals surface area contributed by atoms with Gasteiger partial charge in [-0.15, -0.1) is 0 Å². The number of nitrogens with zero attached hydrogens (tertiary/aromatic N) is 2. The summed E-state index contributed by atoms with van der Waals surface area (Å²) in [5.74, 6) is 0.0114. The number of hydrogen-bond acceptors (Lipinski definition) is 6. The van der Waals surface area contributed by atoms with Crippen LogP contribution in [0.2, 0.25) is 0 Å². The highest BCUT2D eigenvalue weighted by atomic mass is 19.1. The molecule has 1 unspecified atom stereocenters. The van der Waals surface area contributed by atoms with E-state index in [0.29, 0.717) is 0 Å². The van der Waals surface area contributed by atoms with Gasteiger partial charge >= 0.3 is 5.69 Å². The van der Waals surface area contributed by atoms with E-state index in [1.807, 2.05) is 0 Å². The van der Waals surface area contributed by atoms with Crippen LogP contribution in [0.1, 0.15) is 13.2 Å². The van der Waals surface area contributed by atoms with Gasteiger partial charge in [0, 0.05) is 6.20 Å². The molecule has 2 heterocycles. The number of halogens is 1. The number of anilines is 1. The van der Waals surface area contributed by atoms with E-state index in [1.165, 1.54) is 19.2 Å². The molecule has 0 bridgehead atoms. The summed E-state index contributed by atoms with van der Waals surface area (Å²) >= 11 is 0. The van der Waals surface area contributed by atoms with Crippen molar-refractivity contribution >= 4 is 5.82 Å². The molecule has 1 aliphatic heterocycles. The first-order valence-electron chi connectivity index (χ1n) is 5.42. The van der Waals surface area contributed by atoms with Crippen LogP contribution in [-0.4, -0.2) is 44.2 Å². The molecule has 7 nitrogen and oxygen atoms in total. The van der Waals surface area contributed by atoms with Gasteiger partial charge in [0.15, 0.2) is 12.4 Å². The predicted molar refractivity (Wildman–Crippen MR) is 59.4 cm³/mol. The highest BCUT2D eigenvalue weighted by Crippen LogP contribution is 2.32. The van der Waals surface area contributed by atoms with Crippen LogP contribution >= 0.6 is 0 Å². The van der Waals surface area contributed by atoms with Crippen molar-refractivity contribution in [3.8, 4) is 0 Å². The molecule has 1 aliphatic rings. The zero-order chi connectivity index (χ0) is 13.4. The summed E-state index contributed by atoms with van der Waals surface area (Å²) in [5.41, 5.74) is 4.54. The van der Waals surface area contributed by atoms with Crippen molar-refractivity contribution in [3.63, 3.8) is 0 Å². The van der Waals surface area contributed by atoms with Gasteiger partial charge in [-0.2, -0.15) is 4.98 Å². The maximum absolute atomic E-state index is 13.9. The lowest BCUT2D eigenvalue weighted by Gasteiger charge is -2.17. The number of hydrogen-bond donors (Lipinski definition) is 3. The molecule has 1 fully saturated rings. The van der Waals surface area contributed by atoms with Gasteiger partial charge in [-0.25, -0.2) is 9.18 Å². The van der Waals surface area contributed by atoms with Crippen molar-refractivity contribution in [1.82, 2.24) is 9.55 Å². The molecule has 1 aromatic heterocycles. The third-order valence-corrected chi connectivity index (χ3v) is 2.83. The molecule has 0 amide bonds. The third-order valence-electron chi connectivity index (χ3n) is 2.83. The fourth-order valence-electron chi connectivity index (χ4n) is 1.90. The lowest BCUT2D eigenvalue weighted by Crippen LogP contribution is -2.36. The van der Waals surface area contributed by atoms with Gasteiger partial charge in [0.2, 0.25) is 0 Å². The Hall–Kier alpha value is -1.51. The standard InChI is InChI=1S/C10H14FN3O4/c1-4(15)8-7(16)6(11)9(18-8)14-3-2-5(12)13-10(14)17/h2-4,6-9,15-16H,1H3,(H2,12,13,17)/t4-,6-,7?,8+,9+/m0/s1. The second-order valence-electron chi connectivity index (χ2n) is 4.21. The molecule has 1 saturated heterocycles. The topological polar surface area (TPSA) is 111 Å². The zero-order valence-corrected chi connectivity index (χ0v) is 9.60. The molecule has 100 valence electrons. The van der Waals surface area contributed by atoms with Crippen LogP contribution in [0.5, 0.6) is 0 Å². The van der Waals surface area contributed by atoms with Crippen molar-refractivity contribution in [3.05, 3.63) is 22.7 Å². The van der Waals surface area contributed by atoms with Crippen LogP contribution < -0.4 is 11.4 Å². The summed E-state index contributed by atoms with van der Waals surface area (Å²) < 4.78 is 19.9. The van der Waals surface area contributed by atoms with E-state index in [9.17, 15) is 19.4 Å². The maximum atomic E-state index is 13.9. The Bertz CT molecular complexity index is 492. The lowest BCUT2D eigenvalue weighted by molar-refractivity contribution is -0.0783. The van der Waals surface area contributed by atoms with Gasteiger partial charge in [-0.3, -0.25) is 4.57 Å². The third kappa shape index (κ3) is 2.09. The minimum Gasteiger partial charge on any atom is -0.391 e. The smallest absolute Gasteiger partial charge is 0.351 e. The van der Waals surface area contributed by atoms with Crippen LogP contribution in [0.4, 0.5) is 10.2 Å². The van der Waals surface area contributed by atoms with E-state index in [1.54, 1.807) is 0 Å². The average molecular weight is 259 g/mol. The molecular weight excluding hydrogens is 245 g/mol. The van der Waals surface area contributed by atoms with Crippen molar-refractivity contribution in [2.75, 3.05) is 5.73 Å². The normalized spacial score (nSPS) is 33.6. The Balaban J connectivity index is 2.32. The number of aromatic nitrogens is 2. The Morgan fingerprint density at radius 1 is 1.67 bits per heavy atom. The van der Waals surface area contributed by atoms with E-state index >= 15 is 0 Å². The molecule has 8 heteroatoms. The molecule has 18 heavy (non-hydrogen) atoms. The van der Waals surface area contributed by atoms with Crippen LogP contribution in [0.15, 0.2) is 17.1 Å². The summed E-state index contributed by atoms with van der Waals surface area (Å²) in [6, 6.07) is 1.32. The molecule has 1 aromatic rings. The Kier molecular flexibility index (Phi) is 3.33. The molecule has 5 atom stereocenters. The monoisotopic (exact) mass is 259 g/mol. The molecule has 0 aliphatic carbocycles. The SMILES string of the molecule is C[C@H](O)[C@H]1O[C@@H](n2ccc(N)nc2=O)[C@@H](F)C1O. The van der Waals surface area contributed by atoms with Crippen molar-refractivity contribution in [2.24, 2.45) is 0 Å². The van der Waals surface area contributed by atoms with Crippen molar-refractivity contribution < 1.29 is 19.3 Å².